The Morgan fingerprint density at radius 3 is 1.28 bits per heavy atom. The average molecular weight is 1080 g/mol. The van der Waals surface area contributed by atoms with Crippen molar-refractivity contribution in [3.63, 3.8) is 0 Å². The van der Waals surface area contributed by atoms with Crippen molar-refractivity contribution < 1.29 is 37.3 Å². The van der Waals surface area contributed by atoms with E-state index in [4.69, 9.17) is 13.8 Å². The van der Waals surface area contributed by atoms with Crippen LogP contribution >= 0.6 is 7.82 Å². The number of carbonyl (C=O) groups is 2. The number of amides is 1. The minimum absolute atomic E-state index is 0.0388. The number of hydrogen-bond acceptors (Lipinski definition) is 7. The van der Waals surface area contributed by atoms with Crippen molar-refractivity contribution in [2.75, 3.05) is 40.9 Å². The first kappa shape index (κ1) is 72.4. The monoisotopic (exact) mass is 1080 g/mol. The number of esters is 1. The lowest BCUT2D eigenvalue weighted by molar-refractivity contribution is -0.870. The van der Waals surface area contributed by atoms with Gasteiger partial charge in [-0.15, -0.1) is 0 Å². The SMILES string of the molecule is CC/C=C\C/C=C\C/C=C\C/C=C\C/C=C\CCCCCCCC(=O)OC(/C=C/CCCCCCCCCCCCC)C(COP(=O)([O-])OCC[N+](C)(C)C)NC(=O)CCCCC/C=C/C/C=C/C/C=C/C/C=C/CC. The maximum atomic E-state index is 13.5. The summed E-state index contributed by atoms with van der Waals surface area (Å²) in [6.45, 7) is 6.56. The van der Waals surface area contributed by atoms with Crippen molar-refractivity contribution in [3.05, 3.63) is 122 Å². The Hall–Kier alpha value is -3.59. The first-order valence-corrected chi connectivity index (χ1v) is 31.8. The van der Waals surface area contributed by atoms with Crippen LogP contribution in [0, 0.1) is 0 Å². The number of quaternary nitrogens is 1. The average Bonchev–Trinajstić information content (AvgIpc) is 3.38. The Morgan fingerprint density at radius 2 is 0.842 bits per heavy atom. The van der Waals surface area contributed by atoms with E-state index in [0.717, 1.165) is 128 Å². The van der Waals surface area contributed by atoms with Gasteiger partial charge in [0.1, 0.15) is 19.3 Å². The summed E-state index contributed by atoms with van der Waals surface area (Å²) in [6.07, 6.45) is 75.9. The van der Waals surface area contributed by atoms with Gasteiger partial charge in [0.05, 0.1) is 33.8 Å². The lowest BCUT2D eigenvalue weighted by atomic mass is 10.0. The molecule has 0 aromatic carbocycles. The Balaban J connectivity index is 5.40. The number of likely N-dealkylation sites (N-methyl/N-ethyl adjacent to an activating group) is 1. The predicted molar refractivity (Wildman–Crippen MR) is 325 cm³/mol. The van der Waals surface area contributed by atoms with Crippen molar-refractivity contribution in [1.29, 1.82) is 0 Å². The van der Waals surface area contributed by atoms with Gasteiger partial charge in [0.25, 0.3) is 7.82 Å². The Kier molecular flexibility index (Phi) is 52.2. The molecule has 0 saturated carbocycles. The molecule has 76 heavy (non-hydrogen) atoms. The van der Waals surface area contributed by atoms with Crippen LogP contribution in [0.15, 0.2) is 122 Å². The zero-order chi connectivity index (χ0) is 55.7. The summed E-state index contributed by atoms with van der Waals surface area (Å²) in [7, 11) is 1.13. The highest BCUT2D eigenvalue weighted by Gasteiger charge is 2.27. The topological polar surface area (TPSA) is 114 Å². The molecule has 0 aliphatic carbocycles. The molecule has 0 aliphatic rings. The van der Waals surface area contributed by atoms with Crippen LogP contribution in [0.1, 0.15) is 233 Å². The molecule has 0 heterocycles. The molecule has 0 aromatic rings. The molecule has 0 rings (SSSR count). The number of phosphoric ester groups is 1. The second-order valence-corrected chi connectivity index (χ2v) is 22.5. The van der Waals surface area contributed by atoms with Crippen molar-refractivity contribution >= 4 is 19.7 Å². The molecule has 1 N–H and O–H groups in total. The Bertz CT molecular complexity index is 1720. The zero-order valence-corrected chi connectivity index (χ0v) is 50.3. The quantitative estimate of drug-likeness (QED) is 0.0212. The van der Waals surface area contributed by atoms with Gasteiger partial charge in [-0.2, -0.15) is 0 Å². The lowest BCUT2D eigenvalue weighted by Crippen LogP contribution is -2.47. The number of hydrogen-bond donors (Lipinski definition) is 1. The molecule has 3 unspecified atom stereocenters. The number of nitrogens with zero attached hydrogens (tertiary/aromatic N) is 1. The van der Waals surface area contributed by atoms with Crippen LogP contribution in [0.4, 0.5) is 0 Å². The van der Waals surface area contributed by atoms with E-state index in [9.17, 15) is 19.0 Å². The molecule has 0 bridgehead atoms. The molecular formula is C66H113N2O7P. The molecule has 1 amide bonds. The second kappa shape index (κ2) is 54.8. The van der Waals surface area contributed by atoms with Gasteiger partial charge >= 0.3 is 5.97 Å². The van der Waals surface area contributed by atoms with Crippen LogP contribution in [0.2, 0.25) is 0 Å². The summed E-state index contributed by atoms with van der Waals surface area (Å²) in [5.41, 5.74) is 0. The number of carbonyl (C=O) groups excluding carboxylic acids is 2. The number of ether oxygens (including phenoxy) is 1. The van der Waals surface area contributed by atoms with Crippen molar-refractivity contribution in [1.82, 2.24) is 5.32 Å². The molecule has 3 atom stereocenters. The molecular weight excluding hydrogens is 964 g/mol. The summed E-state index contributed by atoms with van der Waals surface area (Å²) in [6, 6.07) is -0.922. The molecule has 10 heteroatoms. The number of rotatable bonds is 53. The van der Waals surface area contributed by atoms with Gasteiger partial charge < -0.3 is 28.5 Å². The normalized spacial score (nSPS) is 14.6. The fourth-order valence-electron chi connectivity index (χ4n) is 8.01. The van der Waals surface area contributed by atoms with Crippen molar-refractivity contribution in [2.24, 2.45) is 0 Å². The minimum atomic E-state index is -4.72. The van der Waals surface area contributed by atoms with E-state index in [1.54, 1.807) is 0 Å². The number of unbranched alkanes of at least 4 members (excludes halogenated alkanes) is 19. The first-order valence-electron chi connectivity index (χ1n) is 30.3. The summed E-state index contributed by atoms with van der Waals surface area (Å²) in [4.78, 5) is 40.0. The van der Waals surface area contributed by atoms with E-state index in [1.165, 1.54) is 57.8 Å². The van der Waals surface area contributed by atoms with Crippen LogP contribution in [-0.2, 0) is 27.9 Å². The van der Waals surface area contributed by atoms with Gasteiger partial charge in [0.2, 0.25) is 5.91 Å². The lowest BCUT2D eigenvalue weighted by Gasteiger charge is -2.30. The van der Waals surface area contributed by atoms with E-state index in [-0.39, 0.29) is 31.3 Å². The largest absolute Gasteiger partial charge is 0.756 e. The standard InChI is InChI=1S/C66H113N2O7P/c1-7-10-13-16-19-22-25-28-30-32-33-34-35-36-38-41-44-47-50-53-56-59-66(70)75-64(57-54-51-48-45-42-39-27-24-21-18-15-12-9-3)63(62-74-76(71,72)73-61-60-68(4,5)6)67-65(69)58-55-52-49-46-43-40-37-31-29-26-23-20-17-14-11-8-2/h10-11,13-14,19-20,22-23,28-31,33-34,36,38,40,43,54,57,63-64H,7-9,12,15-18,21,24-27,32,35,37,39,41-42,44-53,55-56,58-62H2,1-6H3,(H-,67,69,71,72)/b13-10-,14-11+,22-19-,23-20+,30-28-,31-29+,34-33-,38-36-,43-40+,57-54+. The number of nitrogens with one attached hydrogen (secondary N) is 1. The highest BCUT2D eigenvalue weighted by Crippen LogP contribution is 2.38. The molecule has 0 spiro atoms. The Morgan fingerprint density at radius 1 is 0.474 bits per heavy atom. The smallest absolute Gasteiger partial charge is 0.306 e. The van der Waals surface area contributed by atoms with Gasteiger partial charge in [-0.1, -0.05) is 226 Å². The summed E-state index contributed by atoms with van der Waals surface area (Å²) < 4.78 is 30.3. The van der Waals surface area contributed by atoms with Gasteiger partial charge in [-0.3, -0.25) is 14.2 Å². The fraction of sp³-hybridized carbons (Fsp3) is 0.667. The molecule has 0 saturated heterocycles. The maximum absolute atomic E-state index is 13.5. The maximum Gasteiger partial charge on any atom is 0.306 e. The van der Waals surface area contributed by atoms with E-state index < -0.39 is 26.6 Å². The predicted octanol–water partition coefficient (Wildman–Crippen LogP) is 18.1. The number of phosphoric acid groups is 1. The second-order valence-electron chi connectivity index (χ2n) is 21.1. The van der Waals surface area contributed by atoms with E-state index in [2.05, 4.69) is 135 Å². The van der Waals surface area contributed by atoms with Crippen LogP contribution < -0.4 is 10.2 Å². The van der Waals surface area contributed by atoms with Crippen LogP contribution in [0.5, 0.6) is 0 Å². The van der Waals surface area contributed by atoms with Gasteiger partial charge in [0.15, 0.2) is 0 Å². The van der Waals surface area contributed by atoms with Gasteiger partial charge in [-0.05, 0) is 115 Å². The van der Waals surface area contributed by atoms with Gasteiger partial charge in [0, 0.05) is 12.8 Å². The van der Waals surface area contributed by atoms with Crippen LogP contribution in [-0.4, -0.2) is 69.4 Å². The van der Waals surface area contributed by atoms with Crippen molar-refractivity contribution in [2.45, 2.75) is 245 Å². The Labute approximate surface area is 467 Å². The fourth-order valence-corrected chi connectivity index (χ4v) is 8.73. The molecule has 0 aromatic heterocycles. The third-order valence-electron chi connectivity index (χ3n) is 12.6. The summed E-state index contributed by atoms with van der Waals surface area (Å²) >= 11 is 0. The van der Waals surface area contributed by atoms with E-state index >= 15 is 0 Å². The van der Waals surface area contributed by atoms with Gasteiger partial charge in [-0.25, -0.2) is 0 Å². The molecule has 434 valence electrons. The first-order chi connectivity index (χ1) is 36.9. The highest BCUT2D eigenvalue weighted by atomic mass is 31.2. The number of allylic oxidation sites excluding steroid dienone is 19. The van der Waals surface area contributed by atoms with Crippen LogP contribution in [0.3, 0.4) is 0 Å². The van der Waals surface area contributed by atoms with E-state index in [0.29, 0.717) is 23.9 Å². The highest BCUT2D eigenvalue weighted by molar-refractivity contribution is 7.45. The van der Waals surface area contributed by atoms with E-state index in [1.807, 2.05) is 33.3 Å². The summed E-state index contributed by atoms with van der Waals surface area (Å²) in [5, 5.41) is 3.00. The summed E-state index contributed by atoms with van der Waals surface area (Å²) in [5.74, 6) is -0.608. The zero-order valence-electron chi connectivity index (χ0n) is 49.4. The molecule has 9 nitrogen and oxygen atoms in total. The van der Waals surface area contributed by atoms with Crippen LogP contribution in [0.25, 0.3) is 0 Å². The third-order valence-corrected chi connectivity index (χ3v) is 13.6. The third kappa shape index (κ3) is 55.2. The molecule has 0 aliphatic heterocycles. The molecule has 0 fully saturated rings. The van der Waals surface area contributed by atoms with Crippen molar-refractivity contribution in [3.8, 4) is 0 Å². The molecule has 0 radical (unpaired) electrons. The minimum Gasteiger partial charge on any atom is -0.756 e.